The summed E-state index contributed by atoms with van der Waals surface area (Å²) in [4.78, 5) is 36.0. The fraction of sp³-hybridized carbons (Fsp3) is 0.776. The zero-order chi connectivity index (χ0) is 42.9. The van der Waals surface area contributed by atoms with Gasteiger partial charge in [-0.05, 0) is 89.9 Å². The van der Waals surface area contributed by atoms with E-state index in [9.17, 15) is 20.1 Å². The predicted octanol–water partition coefficient (Wildman–Crippen LogP) is 10.0. The Morgan fingerprint density at radius 3 is 2.36 bits per heavy atom. The van der Waals surface area contributed by atoms with Gasteiger partial charge in [0.25, 0.3) is 0 Å². The lowest BCUT2D eigenvalue weighted by Gasteiger charge is -2.57. The molecule has 326 valence electrons. The number of esters is 1. The van der Waals surface area contributed by atoms with Gasteiger partial charge in [0.15, 0.2) is 5.60 Å². The molecule has 0 aromatic heterocycles. The topological polar surface area (TPSA) is 135 Å². The number of carbonyl (C=O) groups excluding carboxylic acids is 2. The summed E-state index contributed by atoms with van der Waals surface area (Å²) in [7, 11) is 0. The second kappa shape index (κ2) is 18.5. The molecule has 3 N–H and O–H groups in total. The maximum atomic E-state index is 15.5. The number of ketones is 1. The van der Waals surface area contributed by atoms with Crippen molar-refractivity contribution in [2.45, 2.75) is 171 Å². The summed E-state index contributed by atoms with van der Waals surface area (Å²) in [5.41, 5.74) is 0.139. The highest BCUT2D eigenvalue weighted by molar-refractivity contribution is 6.26. The van der Waals surface area contributed by atoms with E-state index in [4.69, 9.17) is 14.3 Å². The maximum Gasteiger partial charge on any atom is 0.346 e. The summed E-state index contributed by atoms with van der Waals surface area (Å²) in [5, 5.41) is 41.0. The van der Waals surface area contributed by atoms with Crippen molar-refractivity contribution in [2.75, 3.05) is 13.2 Å². The minimum absolute atomic E-state index is 0.00817. The van der Waals surface area contributed by atoms with E-state index in [2.05, 4.69) is 99.5 Å². The fourth-order valence-electron chi connectivity index (χ4n) is 12.3. The molecule has 4 aliphatic carbocycles. The van der Waals surface area contributed by atoms with Crippen molar-refractivity contribution < 1.29 is 39.2 Å². The molecule has 5 aliphatic rings. The third-order valence-corrected chi connectivity index (χ3v) is 15.3. The fourth-order valence-corrected chi connectivity index (χ4v) is 12.3. The van der Waals surface area contributed by atoms with Crippen LogP contribution in [0.5, 0.6) is 0 Å². The lowest BCUT2D eigenvalue weighted by Crippen LogP contribution is -2.57. The van der Waals surface area contributed by atoms with Crippen LogP contribution in [0.1, 0.15) is 147 Å². The van der Waals surface area contributed by atoms with E-state index >= 15 is 4.79 Å². The minimum atomic E-state index is -1.48. The van der Waals surface area contributed by atoms with Crippen LogP contribution in [0.25, 0.3) is 0 Å². The normalized spacial score (nSPS) is 41.8. The van der Waals surface area contributed by atoms with Gasteiger partial charge in [-0.3, -0.25) is 4.79 Å². The molecule has 9 heteroatoms. The molecule has 0 radical (unpaired) electrons. The van der Waals surface area contributed by atoms with Crippen molar-refractivity contribution in [3.05, 3.63) is 46.3 Å². The van der Waals surface area contributed by atoms with Gasteiger partial charge in [-0.15, -0.1) is 0 Å². The first-order chi connectivity index (χ1) is 27.4. The van der Waals surface area contributed by atoms with Crippen LogP contribution >= 0.6 is 0 Å². The summed E-state index contributed by atoms with van der Waals surface area (Å²) in [6.45, 7) is 25.6. The number of fused-ring (bicyclic) bond motifs is 4. The Balaban J connectivity index is 1.83. The quantitative estimate of drug-likeness (QED) is 0.0689. The molecule has 9 nitrogen and oxygen atoms in total. The minimum Gasteiger partial charge on any atom is -0.511 e. The highest BCUT2D eigenvalue weighted by Gasteiger charge is 2.67. The molecular formula is C49H77NO8. The molecule has 0 amide bonds. The second-order valence-electron chi connectivity index (χ2n) is 19.6. The molecule has 2 bridgehead atoms. The summed E-state index contributed by atoms with van der Waals surface area (Å²) in [6, 6.07) is 0. The van der Waals surface area contributed by atoms with Crippen LogP contribution < -0.4 is 0 Å². The number of ether oxygens (including phenoxy) is 2. The van der Waals surface area contributed by atoms with Crippen LogP contribution in [0.2, 0.25) is 0 Å². The smallest absolute Gasteiger partial charge is 0.346 e. The van der Waals surface area contributed by atoms with Crippen molar-refractivity contribution in [1.29, 1.82) is 0 Å². The van der Waals surface area contributed by atoms with E-state index in [0.717, 1.165) is 36.8 Å². The number of aliphatic hydroxyl groups excluding tert-OH is 3. The van der Waals surface area contributed by atoms with Gasteiger partial charge in [0.2, 0.25) is 5.78 Å². The molecule has 1 saturated heterocycles. The number of allylic oxidation sites excluding steroid dienone is 4. The van der Waals surface area contributed by atoms with Crippen molar-refractivity contribution in [3.63, 3.8) is 0 Å². The number of oxime groups is 1. The monoisotopic (exact) mass is 808 g/mol. The molecule has 0 aromatic carbocycles. The molecule has 13 atom stereocenters. The molecule has 0 aromatic rings. The van der Waals surface area contributed by atoms with Crippen molar-refractivity contribution in [2.24, 2.45) is 63.3 Å². The highest BCUT2D eigenvalue weighted by Crippen LogP contribution is 2.63. The van der Waals surface area contributed by atoms with Crippen LogP contribution in [-0.4, -0.2) is 69.9 Å². The van der Waals surface area contributed by atoms with Gasteiger partial charge < -0.3 is 29.6 Å². The first kappa shape index (κ1) is 46.3. The van der Waals surface area contributed by atoms with E-state index < -0.39 is 46.1 Å². The summed E-state index contributed by atoms with van der Waals surface area (Å²) in [6.07, 6.45) is 12.1. The van der Waals surface area contributed by atoms with Crippen molar-refractivity contribution >= 4 is 17.5 Å². The Kier molecular flexibility index (Phi) is 14.8. The number of Topliss-reactive ketones (excluding diaryl/α,β-unsaturated/α-hetero) is 1. The summed E-state index contributed by atoms with van der Waals surface area (Å²) in [5.74, 6) is -2.85. The van der Waals surface area contributed by atoms with Crippen LogP contribution in [-0.2, 0) is 23.9 Å². The third kappa shape index (κ3) is 8.19. The Morgan fingerprint density at radius 1 is 1.03 bits per heavy atom. The number of carbonyl (C=O) groups is 2. The molecule has 1 aliphatic heterocycles. The lowest BCUT2D eigenvalue weighted by atomic mass is 9.46. The zero-order valence-electron chi connectivity index (χ0n) is 37.9. The number of unbranched alkanes of at least 4 members (excludes halogenated alkanes) is 1. The Morgan fingerprint density at radius 2 is 1.74 bits per heavy atom. The molecule has 1 saturated carbocycles. The number of rotatable bonds is 9. The molecule has 1 heterocycles. The van der Waals surface area contributed by atoms with E-state index in [1.165, 1.54) is 5.57 Å². The van der Waals surface area contributed by atoms with Gasteiger partial charge in [-0.25, -0.2) is 4.79 Å². The molecule has 2 fully saturated rings. The average Bonchev–Trinajstić information content (AvgIpc) is 3.42. The Hall–Kier alpha value is -2.75. The molecular weight excluding hydrogens is 731 g/mol. The first-order valence-electron chi connectivity index (χ1n) is 22.8. The van der Waals surface area contributed by atoms with Gasteiger partial charge in [0.1, 0.15) is 17.9 Å². The molecule has 5 rings (SSSR count). The van der Waals surface area contributed by atoms with Crippen LogP contribution in [0.15, 0.2) is 51.4 Å². The summed E-state index contributed by atoms with van der Waals surface area (Å²) >= 11 is 0. The van der Waals surface area contributed by atoms with Gasteiger partial charge in [-0.1, -0.05) is 108 Å². The number of nitrogens with zero attached hydrogens (tertiary/aromatic N) is 1. The molecule has 6 unspecified atom stereocenters. The van der Waals surface area contributed by atoms with Gasteiger partial charge >= 0.3 is 5.97 Å². The number of hydrogen-bond donors (Lipinski definition) is 3. The maximum absolute atomic E-state index is 15.5. The Bertz CT molecular complexity index is 1670. The van der Waals surface area contributed by atoms with E-state index in [-0.39, 0.29) is 65.7 Å². The average molecular weight is 808 g/mol. The largest absolute Gasteiger partial charge is 0.511 e. The number of aliphatic hydroxyl groups is 3. The lowest BCUT2D eigenvalue weighted by molar-refractivity contribution is -0.166. The highest BCUT2D eigenvalue weighted by atomic mass is 16.6. The standard InChI is InChI=1S/C49H77NO8/c1-13-16-20-56-50-38-24-39(52)37-22-30(7)41-36(14-2)23-35(27-51)21-31(8)43(57-28(4)5)29(6)18-17-19-47(12)25-32(9)33(10)26-49(47)45(54)40(46(55)58-49)44(53)48(41,15-3)42(37)34(38)11/h22-23,25,28-29,31,33-35,37,39,41-43,51-53H,13-21,24,26-27H2,1-12H3/b36-23+,44-40?,50-38-/t29-,31-,33-,34?,35-,37-,39?,41?,42?,43-,47-,48?,49?/m1/s1. The van der Waals surface area contributed by atoms with E-state index in [1.807, 2.05) is 6.92 Å². The summed E-state index contributed by atoms with van der Waals surface area (Å²) < 4.78 is 13.2. The number of hydrogen-bond acceptors (Lipinski definition) is 9. The third-order valence-electron chi connectivity index (χ3n) is 15.3. The van der Waals surface area contributed by atoms with Gasteiger partial charge in [-0.2, -0.15) is 0 Å². The SMILES string of the molecule is CCCCO/N=C1/CC(O)[C@H]2C=C(C)C3/C(CC)=C/[C@H](CO)C[C@@H](C)[C@H](OC(C)C)[C@H](C)CCC[C@]4(C)C=C(C)[C@H](C)CC45OC(=O)C(=C(O)C3(CC)C2C1C)C5=O. The van der Waals surface area contributed by atoms with Crippen LogP contribution in [0.4, 0.5) is 0 Å². The van der Waals surface area contributed by atoms with Gasteiger partial charge in [0.05, 0.1) is 24.0 Å². The zero-order valence-corrected chi connectivity index (χ0v) is 37.9. The van der Waals surface area contributed by atoms with Gasteiger partial charge in [0, 0.05) is 54.0 Å². The van der Waals surface area contributed by atoms with Crippen molar-refractivity contribution in [1.82, 2.24) is 0 Å². The van der Waals surface area contributed by atoms with Crippen molar-refractivity contribution in [3.8, 4) is 0 Å². The second-order valence-corrected chi connectivity index (χ2v) is 19.6. The van der Waals surface area contributed by atoms with E-state index in [1.54, 1.807) is 0 Å². The molecule has 58 heavy (non-hydrogen) atoms. The Labute approximate surface area is 349 Å². The predicted molar refractivity (Wildman–Crippen MR) is 230 cm³/mol. The van der Waals surface area contributed by atoms with Crippen LogP contribution in [0.3, 0.4) is 0 Å². The first-order valence-corrected chi connectivity index (χ1v) is 22.8. The molecule has 1 spiro atoms. The van der Waals surface area contributed by atoms with Crippen LogP contribution in [0, 0.1) is 58.2 Å². The van der Waals surface area contributed by atoms with E-state index in [0.29, 0.717) is 50.8 Å².